The van der Waals surface area contributed by atoms with Crippen LogP contribution in [-0.4, -0.2) is 18.1 Å². The van der Waals surface area contributed by atoms with Crippen LogP contribution in [0, 0.1) is 16.0 Å². The minimum absolute atomic E-state index is 0.387. The number of nitrogens with zero attached hydrogens (tertiary/aromatic N) is 1. The van der Waals surface area contributed by atoms with Gasteiger partial charge in [-0.3, -0.25) is 0 Å². The van der Waals surface area contributed by atoms with E-state index < -0.39 is 0 Å². The van der Waals surface area contributed by atoms with Crippen molar-refractivity contribution >= 4 is 12.2 Å². The largest absolute Gasteiger partial charge is 0.353 e. The molecule has 0 aromatic carbocycles. The number of hydrogen-bond acceptors (Lipinski definition) is 3. The maximum atomic E-state index is 9.04. The van der Waals surface area contributed by atoms with Crippen LogP contribution in [0.25, 0.3) is 0 Å². The van der Waals surface area contributed by atoms with Crippen LogP contribution >= 0.6 is 12.2 Å². The third-order valence-electron chi connectivity index (χ3n) is 2.82. The van der Waals surface area contributed by atoms with Crippen LogP contribution < -0.4 is 5.32 Å². The zero-order valence-electron chi connectivity index (χ0n) is 8.42. The first-order valence-corrected chi connectivity index (χ1v) is 5.56. The maximum Gasteiger partial charge on any atom is 0.108 e. The number of pyridine rings is 1. The fourth-order valence-electron chi connectivity index (χ4n) is 2.09. The SMILES string of the molecule is N#Cc1cc[nH]c(=S)c1C1CCCNC1. The molecule has 1 aliphatic rings. The lowest BCUT2D eigenvalue weighted by Crippen LogP contribution is -2.29. The minimum atomic E-state index is 0.387. The number of nitriles is 1. The van der Waals surface area contributed by atoms with E-state index in [2.05, 4.69) is 16.4 Å². The molecule has 0 radical (unpaired) electrons. The molecule has 1 aromatic rings. The molecule has 2 rings (SSSR count). The number of aromatic nitrogens is 1. The summed E-state index contributed by atoms with van der Waals surface area (Å²) >= 11 is 5.25. The number of hydrogen-bond donors (Lipinski definition) is 2. The highest BCUT2D eigenvalue weighted by molar-refractivity contribution is 7.71. The maximum absolute atomic E-state index is 9.04. The molecule has 0 saturated carbocycles. The van der Waals surface area contributed by atoms with E-state index >= 15 is 0 Å². The van der Waals surface area contributed by atoms with Crippen LogP contribution in [0.4, 0.5) is 0 Å². The number of piperidine rings is 1. The van der Waals surface area contributed by atoms with Crippen LogP contribution in [0.15, 0.2) is 12.3 Å². The fraction of sp³-hybridized carbons (Fsp3) is 0.455. The van der Waals surface area contributed by atoms with Crippen molar-refractivity contribution in [1.29, 1.82) is 5.26 Å². The highest BCUT2D eigenvalue weighted by Crippen LogP contribution is 2.26. The lowest BCUT2D eigenvalue weighted by molar-refractivity contribution is 0.459. The monoisotopic (exact) mass is 219 g/mol. The summed E-state index contributed by atoms with van der Waals surface area (Å²) in [5.74, 6) is 0.387. The Morgan fingerprint density at radius 3 is 3.07 bits per heavy atom. The first-order chi connectivity index (χ1) is 7.33. The molecule has 2 heterocycles. The first-order valence-electron chi connectivity index (χ1n) is 5.15. The van der Waals surface area contributed by atoms with Gasteiger partial charge >= 0.3 is 0 Å². The van der Waals surface area contributed by atoms with E-state index in [0.29, 0.717) is 16.1 Å². The average molecular weight is 219 g/mol. The summed E-state index contributed by atoms with van der Waals surface area (Å²) < 4.78 is 0.711. The van der Waals surface area contributed by atoms with Gasteiger partial charge in [0.2, 0.25) is 0 Å². The Morgan fingerprint density at radius 2 is 2.40 bits per heavy atom. The quantitative estimate of drug-likeness (QED) is 0.711. The lowest BCUT2D eigenvalue weighted by atomic mass is 9.90. The van der Waals surface area contributed by atoms with Gasteiger partial charge in [0.15, 0.2) is 0 Å². The molecule has 4 heteroatoms. The van der Waals surface area contributed by atoms with Crippen molar-refractivity contribution in [3.63, 3.8) is 0 Å². The van der Waals surface area contributed by atoms with Crippen molar-refractivity contribution in [2.24, 2.45) is 0 Å². The van der Waals surface area contributed by atoms with Crippen LogP contribution in [-0.2, 0) is 0 Å². The molecule has 1 aliphatic heterocycles. The summed E-state index contributed by atoms with van der Waals surface area (Å²) in [6, 6.07) is 4.02. The Balaban J connectivity index is 2.41. The minimum Gasteiger partial charge on any atom is -0.353 e. The molecule has 1 atom stereocenters. The summed E-state index contributed by atoms with van der Waals surface area (Å²) in [7, 11) is 0. The van der Waals surface area contributed by atoms with Gasteiger partial charge in [-0.2, -0.15) is 5.26 Å². The Morgan fingerprint density at radius 1 is 1.53 bits per heavy atom. The van der Waals surface area contributed by atoms with Gasteiger partial charge in [-0.15, -0.1) is 0 Å². The van der Waals surface area contributed by atoms with Gasteiger partial charge in [0.1, 0.15) is 4.64 Å². The summed E-state index contributed by atoms with van der Waals surface area (Å²) in [4.78, 5) is 3.01. The Bertz CT molecular complexity index is 438. The lowest BCUT2D eigenvalue weighted by Gasteiger charge is -2.23. The predicted molar refractivity (Wildman–Crippen MR) is 61.2 cm³/mol. The molecule has 0 spiro atoms. The van der Waals surface area contributed by atoms with Gasteiger partial charge in [-0.1, -0.05) is 12.2 Å². The van der Waals surface area contributed by atoms with Crippen molar-refractivity contribution in [2.75, 3.05) is 13.1 Å². The molecule has 1 unspecified atom stereocenters. The molecular formula is C11H13N3S. The van der Waals surface area contributed by atoms with Gasteiger partial charge in [-0.05, 0) is 25.5 Å². The summed E-state index contributed by atoms with van der Waals surface area (Å²) in [6.07, 6.45) is 4.00. The molecule has 1 fully saturated rings. The van der Waals surface area contributed by atoms with E-state index in [-0.39, 0.29) is 0 Å². The standard InChI is InChI=1S/C11H13N3S/c12-6-8-3-5-14-11(15)10(8)9-2-1-4-13-7-9/h3,5,9,13H,1-2,4,7H2,(H,14,15). The molecule has 1 saturated heterocycles. The zero-order chi connectivity index (χ0) is 10.7. The van der Waals surface area contributed by atoms with Crippen molar-refractivity contribution in [2.45, 2.75) is 18.8 Å². The Kier molecular flexibility index (Phi) is 3.14. The van der Waals surface area contributed by atoms with E-state index in [1.54, 1.807) is 12.3 Å². The number of nitrogens with one attached hydrogen (secondary N) is 2. The van der Waals surface area contributed by atoms with Gasteiger partial charge < -0.3 is 10.3 Å². The molecule has 3 nitrogen and oxygen atoms in total. The van der Waals surface area contributed by atoms with Gasteiger partial charge in [0.25, 0.3) is 0 Å². The van der Waals surface area contributed by atoms with Crippen molar-refractivity contribution in [3.8, 4) is 6.07 Å². The third-order valence-corrected chi connectivity index (χ3v) is 3.16. The summed E-state index contributed by atoms with van der Waals surface area (Å²) in [5.41, 5.74) is 1.73. The molecule has 0 amide bonds. The Labute approximate surface area is 94.1 Å². The van der Waals surface area contributed by atoms with E-state index in [1.165, 1.54) is 0 Å². The van der Waals surface area contributed by atoms with Crippen LogP contribution in [0.5, 0.6) is 0 Å². The smallest absolute Gasteiger partial charge is 0.108 e. The van der Waals surface area contributed by atoms with E-state index in [4.69, 9.17) is 17.5 Å². The van der Waals surface area contributed by atoms with Crippen LogP contribution in [0.3, 0.4) is 0 Å². The molecule has 2 N–H and O–H groups in total. The van der Waals surface area contributed by atoms with Crippen LogP contribution in [0.2, 0.25) is 0 Å². The van der Waals surface area contributed by atoms with E-state index in [9.17, 15) is 0 Å². The second-order valence-electron chi connectivity index (χ2n) is 3.79. The number of rotatable bonds is 1. The Hall–Kier alpha value is -1.18. The fourth-order valence-corrected chi connectivity index (χ4v) is 2.44. The first kappa shape index (κ1) is 10.3. The van der Waals surface area contributed by atoms with E-state index in [0.717, 1.165) is 31.5 Å². The average Bonchev–Trinajstić information content (AvgIpc) is 2.29. The molecule has 0 bridgehead atoms. The predicted octanol–water partition coefficient (Wildman–Crippen LogP) is 2.08. The van der Waals surface area contributed by atoms with Crippen molar-refractivity contribution in [3.05, 3.63) is 28.0 Å². The summed E-state index contributed by atoms with van der Waals surface area (Å²) in [6.45, 7) is 2.00. The highest BCUT2D eigenvalue weighted by atomic mass is 32.1. The van der Waals surface area contributed by atoms with Gasteiger partial charge in [-0.25, -0.2) is 0 Å². The second-order valence-corrected chi connectivity index (χ2v) is 4.20. The highest BCUT2D eigenvalue weighted by Gasteiger charge is 2.19. The van der Waals surface area contributed by atoms with E-state index in [1.807, 2.05) is 0 Å². The van der Waals surface area contributed by atoms with Gasteiger partial charge in [0.05, 0.1) is 11.6 Å². The van der Waals surface area contributed by atoms with Crippen molar-refractivity contribution in [1.82, 2.24) is 10.3 Å². The van der Waals surface area contributed by atoms with Crippen molar-refractivity contribution < 1.29 is 0 Å². The summed E-state index contributed by atoms with van der Waals surface area (Å²) in [5, 5.41) is 12.4. The second kappa shape index (κ2) is 4.56. The van der Waals surface area contributed by atoms with Crippen LogP contribution in [0.1, 0.15) is 29.9 Å². The normalized spacial score (nSPS) is 20.9. The number of aromatic amines is 1. The molecule has 15 heavy (non-hydrogen) atoms. The topological polar surface area (TPSA) is 51.6 Å². The third kappa shape index (κ3) is 2.09. The molecule has 1 aromatic heterocycles. The number of H-pyrrole nitrogens is 1. The zero-order valence-corrected chi connectivity index (χ0v) is 9.23. The molecule has 0 aliphatic carbocycles. The van der Waals surface area contributed by atoms with Gasteiger partial charge in [0, 0.05) is 24.2 Å². The molecule has 78 valence electrons. The molecular weight excluding hydrogens is 206 g/mol.